The van der Waals surface area contributed by atoms with Crippen LogP contribution < -0.4 is 10.6 Å². The van der Waals surface area contributed by atoms with Gasteiger partial charge < -0.3 is 20.1 Å². The number of benzene rings is 1. The quantitative estimate of drug-likeness (QED) is 0.345. The predicted molar refractivity (Wildman–Crippen MR) is 115 cm³/mol. The van der Waals surface area contributed by atoms with E-state index >= 15 is 0 Å². The van der Waals surface area contributed by atoms with Crippen molar-refractivity contribution in [3.05, 3.63) is 53.9 Å². The lowest BCUT2D eigenvalue weighted by molar-refractivity contribution is 0.0888. The monoisotopic (exact) mass is 399 g/mol. The number of hydrogen-bond donors (Lipinski definition) is 2. The largest absolute Gasteiger partial charge is 0.381 e. The highest BCUT2D eigenvalue weighted by Gasteiger charge is 2.15. The molecule has 2 N–H and O–H groups in total. The van der Waals surface area contributed by atoms with E-state index in [0.29, 0.717) is 12.5 Å². The van der Waals surface area contributed by atoms with Crippen molar-refractivity contribution >= 4 is 5.96 Å². The first kappa shape index (κ1) is 21.3. The molecule has 0 aliphatic carbocycles. The molecule has 1 fully saturated rings. The van der Waals surface area contributed by atoms with Gasteiger partial charge in [-0.05, 0) is 25.3 Å². The number of rotatable bonds is 11. The lowest BCUT2D eigenvalue weighted by Gasteiger charge is -2.12. The molecule has 158 valence electrons. The number of aliphatic imine (C=N–C) groups is 1. The van der Waals surface area contributed by atoms with E-state index in [9.17, 15) is 0 Å². The summed E-state index contributed by atoms with van der Waals surface area (Å²) in [5.74, 6) is 1.40. The van der Waals surface area contributed by atoms with E-state index in [1.54, 1.807) is 0 Å². The van der Waals surface area contributed by atoms with Crippen molar-refractivity contribution in [1.82, 2.24) is 20.4 Å². The molecule has 0 saturated carbocycles. The Kier molecular flexibility index (Phi) is 9.00. The van der Waals surface area contributed by atoms with Crippen LogP contribution in [-0.4, -0.2) is 55.3 Å². The maximum atomic E-state index is 5.75. The van der Waals surface area contributed by atoms with E-state index in [1.807, 2.05) is 29.1 Å². The topological polar surface area (TPSA) is 72.7 Å². The van der Waals surface area contributed by atoms with Gasteiger partial charge in [0.1, 0.15) is 0 Å². The molecule has 2 heterocycles. The van der Waals surface area contributed by atoms with Crippen LogP contribution in [0.4, 0.5) is 0 Å². The summed E-state index contributed by atoms with van der Waals surface area (Å²) in [5, 5.41) is 11.1. The molecule has 0 radical (unpaired) electrons. The van der Waals surface area contributed by atoms with Crippen molar-refractivity contribution in [2.45, 2.75) is 32.9 Å². The van der Waals surface area contributed by atoms with Crippen LogP contribution in [0.5, 0.6) is 0 Å². The maximum Gasteiger partial charge on any atom is 0.191 e. The van der Waals surface area contributed by atoms with Crippen LogP contribution >= 0.6 is 0 Å². The molecule has 0 spiro atoms. The standard InChI is InChI=1S/C22H33N5O2/c1-2-23-22(24-10-6-11-28-17-20-9-12-29-18-20)25-13-21-14-26-27(16-21)15-19-7-4-3-5-8-19/h3-5,7-8,14,16,20H,2,6,9-13,15,17-18H2,1H3,(H2,23,24,25). The Morgan fingerprint density at radius 1 is 1.28 bits per heavy atom. The summed E-state index contributed by atoms with van der Waals surface area (Å²) in [6, 6.07) is 10.3. The smallest absolute Gasteiger partial charge is 0.191 e. The van der Waals surface area contributed by atoms with Crippen LogP contribution in [-0.2, 0) is 22.6 Å². The fourth-order valence-corrected chi connectivity index (χ4v) is 3.20. The van der Waals surface area contributed by atoms with E-state index in [-0.39, 0.29) is 0 Å². The molecular weight excluding hydrogens is 366 g/mol. The van der Waals surface area contributed by atoms with Crippen LogP contribution in [0.15, 0.2) is 47.7 Å². The van der Waals surface area contributed by atoms with Gasteiger partial charge in [0.05, 0.1) is 32.5 Å². The van der Waals surface area contributed by atoms with Gasteiger partial charge >= 0.3 is 0 Å². The minimum absolute atomic E-state index is 0.574. The van der Waals surface area contributed by atoms with Crippen molar-refractivity contribution in [2.24, 2.45) is 10.9 Å². The van der Waals surface area contributed by atoms with Crippen molar-refractivity contribution in [3.8, 4) is 0 Å². The van der Waals surface area contributed by atoms with Crippen LogP contribution in [0.2, 0.25) is 0 Å². The van der Waals surface area contributed by atoms with E-state index in [4.69, 9.17) is 9.47 Å². The molecule has 1 unspecified atom stereocenters. The van der Waals surface area contributed by atoms with E-state index in [1.165, 1.54) is 5.56 Å². The second kappa shape index (κ2) is 12.2. The summed E-state index contributed by atoms with van der Waals surface area (Å²) < 4.78 is 13.1. The van der Waals surface area contributed by atoms with E-state index < -0.39 is 0 Å². The van der Waals surface area contributed by atoms with Gasteiger partial charge in [0, 0.05) is 44.0 Å². The van der Waals surface area contributed by atoms with Gasteiger partial charge in [-0.25, -0.2) is 4.99 Å². The molecule has 0 bridgehead atoms. The van der Waals surface area contributed by atoms with Gasteiger partial charge in [-0.3, -0.25) is 4.68 Å². The van der Waals surface area contributed by atoms with Crippen LogP contribution in [0.1, 0.15) is 30.9 Å². The molecule has 1 aliphatic rings. The second-order valence-electron chi connectivity index (χ2n) is 7.31. The number of hydrogen-bond acceptors (Lipinski definition) is 4. The molecule has 1 aromatic heterocycles. The van der Waals surface area contributed by atoms with Crippen molar-refractivity contribution in [1.29, 1.82) is 0 Å². The van der Waals surface area contributed by atoms with Crippen molar-refractivity contribution in [3.63, 3.8) is 0 Å². The van der Waals surface area contributed by atoms with Gasteiger partial charge in [0.25, 0.3) is 0 Å². The summed E-state index contributed by atoms with van der Waals surface area (Å²) in [6.45, 7) is 8.40. The SMILES string of the molecule is CCNC(=NCc1cnn(Cc2ccccc2)c1)NCCCOCC1CCOC1. The fourth-order valence-electron chi connectivity index (χ4n) is 3.20. The van der Waals surface area contributed by atoms with Crippen molar-refractivity contribution < 1.29 is 9.47 Å². The Morgan fingerprint density at radius 3 is 2.97 bits per heavy atom. The zero-order valence-electron chi connectivity index (χ0n) is 17.3. The summed E-state index contributed by atoms with van der Waals surface area (Å²) in [4.78, 5) is 4.67. The Balaban J connectivity index is 1.37. The van der Waals surface area contributed by atoms with Crippen LogP contribution in [0, 0.1) is 5.92 Å². The molecule has 0 amide bonds. The summed E-state index contributed by atoms with van der Waals surface area (Å²) in [6.07, 6.45) is 6.02. The number of ether oxygens (including phenoxy) is 2. The zero-order chi connectivity index (χ0) is 20.2. The van der Waals surface area contributed by atoms with Gasteiger partial charge in [0.15, 0.2) is 5.96 Å². The lowest BCUT2D eigenvalue weighted by Crippen LogP contribution is -2.38. The first-order chi connectivity index (χ1) is 14.3. The molecule has 29 heavy (non-hydrogen) atoms. The summed E-state index contributed by atoms with van der Waals surface area (Å²) in [7, 11) is 0. The maximum absolute atomic E-state index is 5.75. The molecule has 1 saturated heterocycles. The molecule has 3 rings (SSSR count). The van der Waals surface area contributed by atoms with E-state index in [2.05, 4.69) is 46.0 Å². The number of guanidine groups is 1. The second-order valence-corrected chi connectivity index (χ2v) is 7.31. The fraction of sp³-hybridized carbons (Fsp3) is 0.545. The van der Waals surface area contributed by atoms with Crippen LogP contribution in [0.25, 0.3) is 0 Å². The lowest BCUT2D eigenvalue weighted by atomic mass is 10.1. The molecule has 1 aromatic carbocycles. The Hall–Kier alpha value is -2.38. The molecular formula is C22H33N5O2. The number of nitrogens with one attached hydrogen (secondary N) is 2. The first-order valence-corrected chi connectivity index (χ1v) is 10.6. The molecule has 1 atom stereocenters. The molecule has 7 nitrogen and oxygen atoms in total. The Morgan fingerprint density at radius 2 is 2.17 bits per heavy atom. The summed E-state index contributed by atoms with van der Waals surface area (Å²) >= 11 is 0. The van der Waals surface area contributed by atoms with Gasteiger partial charge in [-0.15, -0.1) is 0 Å². The third-order valence-electron chi connectivity index (χ3n) is 4.77. The van der Waals surface area contributed by atoms with E-state index in [0.717, 1.165) is 70.4 Å². The molecule has 7 heteroatoms. The van der Waals surface area contributed by atoms with Crippen LogP contribution in [0.3, 0.4) is 0 Å². The van der Waals surface area contributed by atoms with Crippen molar-refractivity contribution in [2.75, 3.05) is 39.5 Å². The predicted octanol–water partition coefficient (Wildman–Crippen LogP) is 2.43. The first-order valence-electron chi connectivity index (χ1n) is 10.6. The number of aromatic nitrogens is 2. The zero-order valence-corrected chi connectivity index (χ0v) is 17.3. The third kappa shape index (κ3) is 7.87. The minimum Gasteiger partial charge on any atom is -0.381 e. The highest BCUT2D eigenvalue weighted by atomic mass is 16.5. The minimum atomic E-state index is 0.574. The highest BCUT2D eigenvalue weighted by molar-refractivity contribution is 5.79. The average Bonchev–Trinajstić information content (AvgIpc) is 3.41. The highest BCUT2D eigenvalue weighted by Crippen LogP contribution is 2.12. The number of nitrogens with zero attached hydrogens (tertiary/aromatic N) is 3. The molecule has 1 aliphatic heterocycles. The van der Waals surface area contributed by atoms with Gasteiger partial charge in [-0.1, -0.05) is 30.3 Å². The summed E-state index contributed by atoms with van der Waals surface area (Å²) in [5.41, 5.74) is 2.34. The normalized spacial score (nSPS) is 16.9. The average molecular weight is 400 g/mol. The van der Waals surface area contributed by atoms with Gasteiger partial charge in [-0.2, -0.15) is 5.10 Å². The Bertz CT molecular complexity index is 726. The Labute approximate surface area is 173 Å². The van der Waals surface area contributed by atoms with Gasteiger partial charge in [0.2, 0.25) is 0 Å². The third-order valence-corrected chi connectivity index (χ3v) is 4.77. The molecule has 2 aromatic rings.